The fraction of sp³-hybridized carbons (Fsp3) is 0.364. The number of aromatic hydroxyl groups is 1. The lowest BCUT2D eigenvalue weighted by atomic mass is 10.1. The highest BCUT2D eigenvalue weighted by Gasteiger charge is 2.25. The lowest BCUT2D eigenvalue weighted by Gasteiger charge is -2.15. The Kier molecular flexibility index (Phi) is 3.15. The maximum atomic E-state index is 12.0. The van der Waals surface area contributed by atoms with Crippen LogP contribution in [0.15, 0.2) is 18.2 Å². The molecule has 1 saturated heterocycles. The van der Waals surface area contributed by atoms with Crippen LogP contribution in [-0.2, 0) is 0 Å². The number of phenols is 1. The van der Waals surface area contributed by atoms with E-state index in [9.17, 15) is 20.0 Å². The van der Waals surface area contributed by atoms with E-state index in [1.807, 2.05) is 0 Å². The number of nitrogens with zero attached hydrogens (tertiary/aromatic N) is 2. The molecule has 3 N–H and O–H groups in total. The number of nitro groups is 1. The molecule has 0 aromatic heterocycles. The molecule has 1 aromatic carbocycles. The Morgan fingerprint density at radius 1 is 1.56 bits per heavy atom. The molecule has 0 saturated carbocycles. The fourth-order valence-electron chi connectivity index (χ4n) is 1.97. The van der Waals surface area contributed by atoms with Crippen molar-refractivity contribution in [2.45, 2.75) is 12.5 Å². The molecule has 0 bridgehead atoms. The Morgan fingerprint density at radius 2 is 2.28 bits per heavy atom. The Balaban J connectivity index is 2.21. The highest BCUT2D eigenvalue weighted by atomic mass is 16.6. The SMILES string of the molecule is N[C@@H]1CCN(C(=O)c2ccc([N+](=O)[O-])c(O)c2)C1. The van der Waals surface area contributed by atoms with Crippen LogP contribution in [0.5, 0.6) is 5.75 Å². The summed E-state index contributed by atoms with van der Waals surface area (Å²) in [5, 5.41) is 20.0. The van der Waals surface area contributed by atoms with Gasteiger partial charge in [0.15, 0.2) is 5.75 Å². The van der Waals surface area contributed by atoms with Crippen molar-refractivity contribution < 1.29 is 14.8 Å². The topological polar surface area (TPSA) is 110 Å². The van der Waals surface area contributed by atoms with Crippen LogP contribution < -0.4 is 5.73 Å². The number of hydrogen-bond acceptors (Lipinski definition) is 5. The number of nitrogens with two attached hydrogens (primary N) is 1. The number of carbonyl (C=O) groups is 1. The van der Waals surface area contributed by atoms with Gasteiger partial charge in [0.25, 0.3) is 5.91 Å². The molecule has 0 unspecified atom stereocenters. The summed E-state index contributed by atoms with van der Waals surface area (Å²) in [6.45, 7) is 1.04. The van der Waals surface area contributed by atoms with Gasteiger partial charge in [-0.3, -0.25) is 14.9 Å². The summed E-state index contributed by atoms with van der Waals surface area (Å²) in [4.78, 5) is 23.4. The summed E-state index contributed by atoms with van der Waals surface area (Å²) in [5.74, 6) is -0.775. The molecule has 18 heavy (non-hydrogen) atoms. The van der Waals surface area contributed by atoms with E-state index in [1.54, 1.807) is 4.90 Å². The Hall–Kier alpha value is -2.15. The first-order valence-corrected chi connectivity index (χ1v) is 5.51. The van der Waals surface area contributed by atoms with E-state index < -0.39 is 16.4 Å². The third kappa shape index (κ3) is 2.25. The predicted molar refractivity (Wildman–Crippen MR) is 63.3 cm³/mol. The molecule has 2 rings (SSSR count). The van der Waals surface area contributed by atoms with Gasteiger partial charge in [0.1, 0.15) is 0 Å². The molecular weight excluding hydrogens is 238 g/mol. The smallest absolute Gasteiger partial charge is 0.310 e. The van der Waals surface area contributed by atoms with E-state index in [2.05, 4.69) is 0 Å². The summed E-state index contributed by atoms with van der Waals surface area (Å²) in [6.07, 6.45) is 0.741. The van der Waals surface area contributed by atoms with Crippen LogP contribution in [-0.4, -0.2) is 40.0 Å². The molecule has 1 heterocycles. The third-order valence-corrected chi connectivity index (χ3v) is 2.93. The number of likely N-dealkylation sites (tertiary alicyclic amines) is 1. The molecule has 1 amide bonds. The van der Waals surface area contributed by atoms with Gasteiger partial charge in [0, 0.05) is 30.8 Å². The first-order chi connectivity index (χ1) is 8.49. The number of carbonyl (C=O) groups excluding carboxylic acids is 1. The first-order valence-electron chi connectivity index (χ1n) is 5.51. The zero-order valence-corrected chi connectivity index (χ0v) is 9.57. The Morgan fingerprint density at radius 3 is 2.78 bits per heavy atom. The lowest BCUT2D eigenvalue weighted by Crippen LogP contribution is -2.31. The summed E-state index contributed by atoms with van der Waals surface area (Å²) < 4.78 is 0. The quantitative estimate of drug-likeness (QED) is 0.586. The number of rotatable bonds is 2. The zero-order chi connectivity index (χ0) is 13.3. The fourth-order valence-corrected chi connectivity index (χ4v) is 1.97. The number of amides is 1. The largest absolute Gasteiger partial charge is 0.502 e. The molecule has 0 radical (unpaired) electrons. The van der Waals surface area contributed by atoms with E-state index in [0.717, 1.165) is 18.6 Å². The maximum absolute atomic E-state index is 12.0. The highest BCUT2D eigenvalue weighted by molar-refractivity contribution is 5.95. The van der Waals surface area contributed by atoms with Gasteiger partial charge >= 0.3 is 5.69 Å². The monoisotopic (exact) mass is 251 g/mol. The van der Waals surface area contributed by atoms with Gasteiger partial charge in [-0.25, -0.2) is 0 Å². The average molecular weight is 251 g/mol. The standard InChI is InChI=1S/C11H13N3O4/c12-8-3-4-13(6-8)11(16)7-1-2-9(14(17)18)10(15)5-7/h1-2,5,8,15H,3-4,6,12H2/t8-/m1/s1. The number of benzene rings is 1. The summed E-state index contributed by atoms with van der Waals surface area (Å²) in [5.41, 5.74) is 5.52. The third-order valence-electron chi connectivity index (χ3n) is 2.93. The molecule has 96 valence electrons. The Labute approximate surface area is 103 Å². The summed E-state index contributed by atoms with van der Waals surface area (Å²) in [6, 6.07) is 3.55. The van der Waals surface area contributed by atoms with Crippen molar-refractivity contribution in [3.8, 4) is 5.75 Å². The van der Waals surface area contributed by atoms with Crippen LogP contribution in [0.1, 0.15) is 16.8 Å². The van der Waals surface area contributed by atoms with Crippen molar-refractivity contribution in [2.75, 3.05) is 13.1 Å². The van der Waals surface area contributed by atoms with Crippen molar-refractivity contribution in [3.63, 3.8) is 0 Å². The van der Waals surface area contributed by atoms with Crippen LogP contribution in [0.4, 0.5) is 5.69 Å². The van der Waals surface area contributed by atoms with Crippen molar-refractivity contribution in [2.24, 2.45) is 5.73 Å². The predicted octanol–water partition coefficient (Wildman–Crippen LogP) is 0.474. The minimum atomic E-state index is -0.699. The van der Waals surface area contributed by atoms with E-state index in [1.165, 1.54) is 6.07 Å². The van der Waals surface area contributed by atoms with Crippen molar-refractivity contribution in [3.05, 3.63) is 33.9 Å². The van der Waals surface area contributed by atoms with Crippen LogP contribution in [0.3, 0.4) is 0 Å². The van der Waals surface area contributed by atoms with Gasteiger partial charge in [-0.1, -0.05) is 0 Å². The Bertz CT molecular complexity index is 503. The number of hydrogen-bond donors (Lipinski definition) is 2. The molecular formula is C11H13N3O4. The minimum Gasteiger partial charge on any atom is -0.502 e. The highest BCUT2D eigenvalue weighted by Crippen LogP contribution is 2.27. The van der Waals surface area contributed by atoms with E-state index in [-0.39, 0.29) is 17.5 Å². The van der Waals surface area contributed by atoms with Crippen molar-refractivity contribution in [1.82, 2.24) is 4.90 Å². The zero-order valence-electron chi connectivity index (χ0n) is 9.57. The van der Waals surface area contributed by atoms with Gasteiger partial charge in [0.05, 0.1) is 4.92 Å². The molecule has 0 aliphatic carbocycles. The van der Waals surface area contributed by atoms with Gasteiger partial charge in [-0.2, -0.15) is 0 Å². The molecule has 7 nitrogen and oxygen atoms in total. The average Bonchev–Trinajstić information content (AvgIpc) is 2.74. The second-order valence-electron chi connectivity index (χ2n) is 4.26. The lowest BCUT2D eigenvalue weighted by molar-refractivity contribution is -0.385. The van der Waals surface area contributed by atoms with Crippen LogP contribution >= 0.6 is 0 Å². The van der Waals surface area contributed by atoms with Crippen molar-refractivity contribution >= 4 is 11.6 Å². The molecule has 1 atom stereocenters. The first kappa shape index (κ1) is 12.3. The number of phenolic OH excluding ortho intramolecular Hbond substituents is 1. The molecule has 7 heteroatoms. The van der Waals surface area contributed by atoms with Crippen molar-refractivity contribution in [1.29, 1.82) is 0 Å². The molecule has 1 fully saturated rings. The second-order valence-corrected chi connectivity index (χ2v) is 4.26. The number of nitro benzene ring substituents is 1. The van der Waals surface area contributed by atoms with Crippen LogP contribution in [0.25, 0.3) is 0 Å². The van der Waals surface area contributed by atoms with E-state index in [4.69, 9.17) is 5.73 Å². The molecule has 1 aromatic rings. The van der Waals surface area contributed by atoms with Gasteiger partial charge in [-0.15, -0.1) is 0 Å². The molecule has 1 aliphatic rings. The summed E-state index contributed by atoms with van der Waals surface area (Å²) in [7, 11) is 0. The normalized spacial score (nSPS) is 18.9. The van der Waals surface area contributed by atoms with Crippen LogP contribution in [0.2, 0.25) is 0 Å². The molecule has 0 spiro atoms. The summed E-state index contributed by atoms with van der Waals surface area (Å²) >= 11 is 0. The van der Waals surface area contributed by atoms with Gasteiger partial charge < -0.3 is 15.7 Å². The maximum Gasteiger partial charge on any atom is 0.310 e. The van der Waals surface area contributed by atoms with Gasteiger partial charge in [0.2, 0.25) is 0 Å². The van der Waals surface area contributed by atoms with E-state index in [0.29, 0.717) is 13.1 Å². The molecule has 1 aliphatic heterocycles. The van der Waals surface area contributed by atoms with Crippen LogP contribution in [0, 0.1) is 10.1 Å². The van der Waals surface area contributed by atoms with Gasteiger partial charge in [-0.05, 0) is 18.6 Å². The van der Waals surface area contributed by atoms with E-state index >= 15 is 0 Å². The minimum absolute atomic E-state index is 0.0272. The second kappa shape index (κ2) is 4.61.